The van der Waals surface area contributed by atoms with E-state index in [-0.39, 0.29) is 18.3 Å². The monoisotopic (exact) mass is 380 g/mol. The first kappa shape index (κ1) is 20.2. The van der Waals surface area contributed by atoms with E-state index >= 15 is 0 Å². The maximum absolute atomic E-state index is 12.0. The molecule has 0 aliphatic carbocycles. The Morgan fingerprint density at radius 3 is 2.71 bits per heavy atom. The van der Waals surface area contributed by atoms with E-state index in [0.717, 1.165) is 15.8 Å². The third kappa shape index (κ3) is 7.13. The van der Waals surface area contributed by atoms with Crippen LogP contribution in [0, 0.1) is 0 Å². The zero-order chi connectivity index (χ0) is 15.0. The van der Waals surface area contributed by atoms with Gasteiger partial charge in [-0.25, -0.2) is 0 Å². The summed E-state index contributed by atoms with van der Waals surface area (Å²) in [5.41, 5.74) is 0.967. The second-order valence-electron chi connectivity index (χ2n) is 4.38. The van der Waals surface area contributed by atoms with Crippen LogP contribution in [0.2, 0.25) is 0 Å². The summed E-state index contributed by atoms with van der Waals surface area (Å²) in [6.07, 6.45) is 0. The van der Waals surface area contributed by atoms with E-state index < -0.39 is 0 Å². The molecule has 1 aromatic rings. The Morgan fingerprint density at radius 2 is 2.10 bits per heavy atom. The van der Waals surface area contributed by atoms with E-state index in [9.17, 15) is 4.79 Å². The van der Waals surface area contributed by atoms with Gasteiger partial charge in [0, 0.05) is 37.3 Å². The molecule has 0 unspecified atom stereocenters. The minimum Gasteiger partial charge on any atom is -0.496 e. The van der Waals surface area contributed by atoms with Gasteiger partial charge in [-0.1, -0.05) is 15.9 Å². The van der Waals surface area contributed by atoms with Crippen molar-refractivity contribution in [1.82, 2.24) is 10.2 Å². The fourth-order valence-electron chi connectivity index (χ4n) is 1.72. The first-order chi connectivity index (χ1) is 9.58. The van der Waals surface area contributed by atoms with Gasteiger partial charge < -0.3 is 19.7 Å². The topological polar surface area (TPSA) is 50.8 Å². The summed E-state index contributed by atoms with van der Waals surface area (Å²) in [4.78, 5) is 13.6. The normalized spacial score (nSPS) is 9.90. The lowest BCUT2D eigenvalue weighted by molar-refractivity contribution is -0.129. The molecule has 21 heavy (non-hydrogen) atoms. The molecule has 0 spiro atoms. The quantitative estimate of drug-likeness (QED) is 0.701. The number of likely N-dealkylation sites (N-methyl/N-ethyl adjacent to an activating group) is 1. The number of hydrogen-bond donors (Lipinski definition) is 1. The van der Waals surface area contributed by atoms with Crippen molar-refractivity contribution in [3.8, 4) is 5.75 Å². The van der Waals surface area contributed by atoms with Crippen molar-refractivity contribution in [3.05, 3.63) is 28.2 Å². The summed E-state index contributed by atoms with van der Waals surface area (Å²) < 4.78 is 11.2. The SMILES string of the molecule is COCCNCC(=O)N(C)Cc1cc(Br)ccc1OC.Cl. The Kier molecular flexibility index (Phi) is 10.4. The molecule has 0 radical (unpaired) electrons. The van der Waals surface area contributed by atoms with Gasteiger partial charge in [0.2, 0.25) is 5.91 Å². The smallest absolute Gasteiger partial charge is 0.236 e. The van der Waals surface area contributed by atoms with Gasteiger partial charge in [-0.2, -0.15) is 0 Å². The van der Waals surface area contributed by atoms with Gasteiger partial charge in [0.15, 0.2) is 0 Å². The van der Waals surface area contributed by atoms with Crippen LogP contribution in [0.15, 0.2) is 22.7 Å². The summed E-state index contributed by atoms with van der Waals surface area (Å²) in [5, 5.41) is 3.04. The molecular weight excluding hydrogens is 360 g/mol. The number of carbonyl (C=O) groups excluding carboxylic acids is 1. The largest absolute Gasteiger partial charge is 0.496 e. The van der Waals surface area contributed by atoms with Gasteiger partial charge in [-0.05, 0) is 18.2 Å². The third-order valence-corrected chi connectivity index (χ3v) is 3.33. The van der Waals surface area contributed by atoms with Gasteiger partial charge in [0.25, 0.3) is 0 Å². The predicted molar refractivity (Wildman–Crippen MR) is 89.2 cm³/mol. The van der Waals surface area contributed by atoms with E-state index in [4.69, 9.17) is 9.47 Å². The molecule has 5 nitrogen and oxygen atoms in total. The number of carbonyl (C=O) groups is 1. The van der Waals surface area contributed by atoms with Crippen molar-refractivity contribution in [2.45, 2.75) is 6.54 Å². The second-order valence-corrected chi connectivity index (χ2v) is 5.29. The lowest BCUT2D eigenvalue weighted by Gasteiger charge is -2.19. The maximum atomic E-state index is 12.0. The summed E-state index contributed by atoms with van der Waals surface area (Å²) in [7, 11) is 5.04. The molecular formula is C14H22BrClN2O3. The van der Waals surface area contributed by atoms with Gasteiger partial charge >= 0.3 is 0 Å². The Labute approximate surface area is 140 Å². The zero-order valence-corrected chi connectivity index (χ0v) is 14.9. The number of benzene rings is 1. The molecule has 0 saturated carbocycles. The predicted octanol–water partition coefficient (Wildman–Crippen LogP) is 2.07. The van der Waals surface area contributed by atoms with E-state index in [1.54, 1.807) is 26.2 Å². The fourth-order valence-corrected chi connectivity index (χ4v) is 2.13. The highest BCUT2D eigenvalue weighted by molar-refractivity contribution is 9.10. The van der Waals surface area contributed by atoms with Crippen LogP contribution in [-0.2, 0) is 16.1 Å². The standard InChI is InChI=1S/C14H21BrN2O3.ClH/c1-17(14(18)9-16-6-7-19-2)10-11-8-12(15)4-5-13(11)20-3;/h4-5,8,16H,6-7,9-10H2,1-3H3;1H. The van der Waals surface area contributed by atoms with Crippen LogP contribution in [-0.4, -0.2) is 51.8 Å². The van der Waals surface area contributed by atoms with E-state index in [0.29, 0.717) is 26.2 Å². The molecule has 1 aromatic carbocycles. The van der Waals surface area contributed by atoms with Crippen LogP contribution in [0.1, 0.15) is 5.56 Å². The van der Waals surface area contributed by atoms with Crippen LogP contribution < -0.4 is 10.1 Å². The van der Waals surface area contributed by atoms with E-state index in [1.807, 2.05) is 18.2 Å². The van der Waals surface area contributed by atoms with Crippen molar-refractivity contribution in [1.29, 1.82) is 0 Å². The van der Waals surface area contributed by atoms with Crippen LogP contribution in [0.25, 0.3) is 0 Å². The first-order valence-electron chi connectivity index (χ1n) is 6.34. The lowest BCUT2D eigenvalue weighted by atomic mass is 10.2. The highest BCUT2D eigenvalue weighted by atomic mass is 79.9. The van der Waals surface area contributed by atoms with Crippen LogP contribution in [0.5, 0.6) is 5.75 Å². The number of nitrogens with one attached hydrogen (secondary N) is 1. The molecule has 0 fully saturated rings. The van der Waals surface area contributed by atoms with Gasteiger partial charge in [0.1, 0.15) is 5.75 Å². The van der Waals surface area contributed by atoms with Gasteiger partial charge in [-0.3, -0.25) is 4.79 Å². The number of hydrogen-bond acceptors (Lipinski definition) is 4. The van der Waals surface area contributed by atoms with E-state index in [1.165, 1.54) is 0 Å². The average molecular weight is 382 g/mol. The number of halogens is 2. The average Bonchev–Trinajstić information content (AvgIpc) is 2.43. The Balaban J connectivity index is 0.00000400. The summed E-state index contributed by atoms with van der Waals surface area (Å²) >= 11 is 3.43. The van der Waals surface area contributed by atoms with Crippen molar-refractivity contribution >= 4 is 34.2 Å². The van der Waals surface area contributed by atoms with Crippen molar-refractivity contribution in [2.75, 3.05) is 41.0 Å². The van der Waals surface area contributed by atoms with E-state index in [2.05, 4.69) is 21.2 Å². The van der Waals surface area contributed by atoms with Gasteiger partial charge in [-0.15, -0.1) is 12.4 Å². The number of rotatable bonds is 8. The molecule has 0 aromatic heterocycles. The van der Waals surface area contributed by atoms with Crippen molar-refractivity contribution < 1.29 is 14.3 Å². The van der Waals surface area contributed by atoms with Crippen molar-refractivity contribution in [3.63, 3.8) is 0 Å². The fraction of sp³-hybridized carbons (Fsp3) is 0.500. The third-order valence-electron chi connectivity index (χ3n) is 2.83. The number of amides is 1. The Hall–Kier alpha value is -0.820. The maximum Gasteiger partial charge on any atom is 0.236 e. The molecule has 0 heterocycles. The molecule has 0 atom stereocenters. The number of nitrogens with zero attached hydrogens (tertiary/aromatic N) is 1. The Morgan fingerprint density at radius 1 is 1.38 bits per heavy atom. The molecule has 1 rings (SSSR count). The van der Waals surface area contributed by atoms with Crippen LogP contribution in [0.4, 0.5) is 0 Å². The summed E-state index contributed by atoms with van der Waals surface area (Å²) in [5.74, 6) is 0.809. The highest BCUT2D eigenvalue weighted by Gasteiger charge is 2.12. The molecule has 0 bridgehead atoms. The molecule has 1 amide bonds. The second kappa shape index (κ2) is 10.8. The zero-order valence-electron chi connectivity index (χ0n) is 12.5. The molecule has 1 N–H and O–H groups in total. The number of methoxy groups -OCH3 is 2. The van der Waals surface area contributed by atoms with Crippen LogP contribution >= 0.6 is 28.3 Å². The highest BCUT2D eigenvalue weighted by Crippen LogP contribution is 2.23. The molecule has 120 valence electrons. The molecule has 0 aliphatic heterocycles. The summed E-state index contributed by atoms with van der Waals surface area (Å²) in [6.45, 7) is 2.07. The number of ether oxygens (including phenoxy) is 2. The van der Waals surface area contributed by atoms with Crippen molar-refractivity contribution in [2.24, 2.45) is 0 Å². The minimum absolute atomic E-state index is 0. The molecule has 0 aliphatic rings. The summed E-state index contributed by atoms with van der Waals surface area (Å²) in [6, 6.07) is 5.76. The minimum atomic E-state index is 0. The first-order valence-corrected chi connectivity index (χ1v) is 7.13. The Bertz CT molecular complexity index is 446. The van der Waals surface area contributed by atoms with Crippen LogP contribution in [0.3, 0.4) is 0 Å². The molecule has 7 heteroatoms. The lowest BCUT2D eigenvalue weighted by Crippen LogP contribution is -2.36. The molecule has 0 saturated heterocycles. The van der Waals surface area contributed by atoms with Gasteiger partial charge in [0.05, 0.1) is 20.3 Å².